The first kappa shape index (κ1) is 20.9. The summed E-state index contributed by atoms with van der Waals surface area (Å²) in [5.41, 5.74) is 2.77. The molecule has 2 aliphatic rings. The molecule has 0 fully saturated rings. The van der Waals surface area contributed by atoms with Crippen molar-refractivity contribution >= 4 is 38.2 Å². The zero-order chi connectivity index (χ0) is 24.4. The molecule has 7 heteroatoms. The monoisotopic (exact) mass is 482 g/mol. The van der Waals surface area contributed by atoms with Crippen LogP contribution in [0.2, 0.25) is 0 Å². The van der Waals surface area contributed by atoms with Crippen molar-refractivity contribution in [1.82, 2.24) is 0 Å². The Morgan fingerprint density at radius 1 is 1.00 bits per heavy atom. The van der Waals surface area contributed by atoms with Crippen molar-refractivity contribution < 1.29 is 32.7 Å². The van der Waals surface area contributed by atoms with Crippen molar-refractivity contribution in [1.29, 1.82) is 0 Å². The minimum atomic E-state index is -0.388. The molecule has 0 saturated carbocycles. The number of ether oxygens (including phenoxy) is 4. The molecular formula is C29H21FNO5+. The van der Waals surface area contributed by atoms with Crippen molar-refractivity contribution in [3.8, 4) is 23.0 Å². The number of halogens is 1. The number of benzene rings is 4. The first-order valence-electron chi connectivity index (χ1n) is 11.7. The molecule has 6 nitrogen and oxygen atoms in total. The van der Waals surface area contributed by atoms with Gasteiger partial charge in [0.05, 0.1) is 23.3 Å². The number of carbonyl (C=O) groups is 1. The molecule has 3 heterocycles. The largest absolute Gasteiger partial charge is 0.493 e. The lowest BCUT2D eigenvalue weighted by atomic mass is 9.93. The van der Waals surface area contributed by atoms with Crippen LogP contribution in [-0.4, -0.2) is 26.3 Å². The van der Waals surface area contributed by atoms with E-state index in [4.69, 9.17) is 18.9 Å². The second-order valence-electron chi connectivity index (χ2n) is 9.00. The number of aryl methyl sites for hydroxylation is 2. The molecular weight excluding hydrogens is 461 g/mol. The quantitative estimate of drug-likeness (QED) is 0.198. The van der Waals surface area contributed by atoms with Gasteiger partial charge in [0.25, 0.3) is 0 Å². The Kier molecular flexibility index (Phi) is 4.54. The summed E-state index contributed by atoms with van der Waals surface area (Å²) in [6.45, 7) is 0.842. The van der Waals surface area contributed by atoms with Crippen molar-refractivity contribution in [2.45, 2.75) is 13.0 Å². The maximum atomic E-state index is 13.3. The van der Waals surface area contributed by atoms with E-state index in [1.807, 2.05) is 12.1 Å². The molecule has 0 radical (unpaired) electrons. The standard InChI is InChI=1S/C29H21FNO5/c1-33-24-9-8-19-20-6-7-21-26-17(12-25-28(21)36-15-35-25)10-11-31(27(20)26)13-22(19)29(24)34-14-23(32)16-2-4-18(30)5-3-16/h2-9,12-13H,10-11,14-15H2,1H3/q+1. The van der Waals surface area contributed by atoms with E-state index in [0.29, 0.717) is 17.1 Å². The minimum absolute atomic E-state index is 0.190. The third-order valence-corrected chi connectivity index (χ3v) is 7.07. The third kappa shape index (κ3) is 3.02. The van der Waals surface area contributed by atoms with Crippen LogP contribution >= 0.6 is 0 Å². The van der Waals surface area contributed by atoms with Crippen molar-refractivity contribution in [2.24, 2.45) is 0 Å². The Morgan fingerprint density at radius 2 is 1.81 bits per heavy atom. The predicted molar refractivity (Wildman–Crippen MR) is 132 cm³/mol. The summed E-state index contributed by atoms with van der Waals surface area (Å²) in [7, 11) is 1.58. The highest BCUT2D eigenvalue weighted by Crippen LogP contribution is 2.46. The summed E-state index contributed by atoms with van der Waals surface area (Å²) in [6.07, 6.45) is 2.93. The lowest BCUT2D eigenvalue weighted by molar-refractivity contribution is -0.670. The second kappa shape index (κ2) is 7.81. The van der Waals surface area contributed by atoms with E-state index in [1.54, 1.807) is 7.11 Å². The van der Waals surface area contributed by atoms with E-state index in [2.05, 4.69) is 29.0 Å². The third-order valence-electron chi connectivity index (χ3n) is 7.07. The number of hydrogen-bond acceptors (Lipinski definition) is 5. The number of pyridine rings is 1. The SMILES string of the molecule is COc1ccc2c(c[n+]3c4c2ccc2c5c(cc(c24)CC3)OCO5)c1OCC(=O)c1ccc(F)cc1. The van der Waals surface area contributed by atoms with Crippen LogP contribution in [0.5, 0.6) is 23.0 Å². The van der Waals surface area contributed by atoms with Crippen LogP contribution in [0.4, 0.5) is 4.39 Å². The van der Waals surface area contributed by atoms with Gasteiger partial charge in [-0.15, -0.1) is 0 Å². The molecule has 2 aliphatic heterocycles. The summed E-state index contributed by atoms with van der Waals surface area (Å²) < 4.78 is 38.7. The maximum absolute atomic E-state index is 13.3. The molecule has 5 aromatic rings. The van der Waals surface area contributed by atoms with Gasteiger partial charge in [0, 0.05) is 22.8 Å². The maximum Gasteiger partial charge on any atom is 0.231 e. The van der Waals surface area contributed by atoms with Crippen molar-refractivity contribution in [3.63, 3.8) is 0 Å². The fraction of sp³-hybridized carbons (Fsp3) is 0.172. The molecule has 0 unspecified atom stereocenters. The predicted octanol–water partition coefficient (Wildman–Crippen LogP) is 5.13. The highest BCUT2D eigenvalue weighted by molar-refractivity contribution is 6.17. The Hall–Kier alpha value is -4.39. The molecule has 0 atom stereocenters. The van der Waals surface area contributed by atoms with Gasteiger partial charge < -0.3 is 18.9 Å². The van der Waals surface area contributed by atoms with E-state index in [9.17, 15) is 9.18 Å². The fourth-order valence-electron chi connectivity index (χ4n) is 5.40. The van der Waals surface area contributed by atoms with E-state index >= 15 is 0 Å². The second-order valence-corrected chi connectivity index (χ2v) is 9.00. The van der Waals surface area contributed by atoms with Gasteiger partial charge in [-0.1, -0.05) is 0 Å². The molecule has 0 N–H and O–H groups in total. The van der Waals surface area contributed by atoms with Crippen molar-refractivity contribution in [3.05, 3.63) is 77.7 Å². The van der Waals surface area contributed by atoms with Crippen LogP contribution in [0.15, 0.2) is 60.8 Å². The minimum Gasteiger partial charge on any atom is -0.493 e. The number of Topliss-reactive ketones (excluding diaryl/α,β-unsaturated/α-hetero) is 1. The number of ketones is 1. The van der Waals surface area contributed by atoms with Gasteiger partial charge in [-0.3, -0.25) is 4.79 Å². The highest BCUT2D eigenvalue weighted by Gasteiger charge is 2.30. The van der Waals surface area contributed by atoms with Crippen LogP contribution in [0.3, 0.4) is 0 Å². The molecule has 4 aromatic carbocycles. The van der Waals surface area contributed by atoms with E-state index in [0.717, 1.165) is 51.5 Å². The summed E-state index contributed by atoms with van der Waals surface area (Å²) in [4.78, 5) is 12.7. The molecule has 0 spiro atoms. The van der Waals surface area contributed by atoms with Gasteiger partial charge in [0.15, 0.2) is 48.1 Å². The zero-order valence-corrected chi connectivity index (χ0v) is 19.5. The number of nitrogens with zero attached hydrogens (tertiary/aromatic N) is 1. The topological polar surface area (TPSA) is 57.9 Å². The fourth-order valence-corrected chi connectivity index (χ4v) is 5.40. The number of methoxy groups -OCH3 is 1. The number of hydrogen-bond donors (Lipinski definition) is 0. The molecule has 178 valence electrons. The summed E-state index contributed by atoms with van der Waals surface area (Å²) in [5.74, 6) is 2.02. The number of fused-ring (bicyclic) bond motifs is 4. The van der Waals surface area contributed by atoms with E-state index in [1.165, 1.54) is 35.2 Å². The smallest absolute Gasteiger partial charge is 0.231 e. The van der Waals surface area contributed by atoms with Gasteiger partial charge in [-0.05, 0) is 60.2 Å². The molecule has 7 rings (SSSR count). The number of rotatable bonds is 5. The molecule has 0 saturated heterocycles. The highest BCUT2D eigenvalue weighted by atomic mass is 19.1. The molecule has 0 amide bonds. The molecule has 36 heavy (non-hydrogen) atoms. The van der Waals surface area contributed by atoms with Gasteiger partial charge in [0.1, 0.15) is 5.82 Å². The van der Waals surface area contributed by atoms with Crippen LogP contribution in [0.1, 0.15) is 15.9 Å². The summed E-state index contributed by atoms with van der Waals surface area (Å²) >= 11 is 0. The number of aromatic nitrogens is 1. The number of carbonyl (C=O) groups excluding carboxylic acids is 1. The van der Waals surface area contributed by atoms with Gasteiger partial charge in [-0.2, -0.15) is 4.57 Å². The molecule has 0 aliphatic carbocycles. The first-order valence-corrected chi connectivity index (χ1v) is 11.7. The summed E-state index contributed by atoms with van der Waals surface area (Å²) in [5, 5.41) is 5.16. The Labute approximate surface area is 205 Å². The average molecular weight is 482 g/mol. The molecule has 1 aromatic heterocycles. The van der Waals surface area contributed by atoms with Gasteiger partial charge in [-0.25, -0.2) is 4.39 Å². The van der Waals surface area contributed by atoms with Crippen LogP contribution in [-0.2, 0) is 13.0 Å². The Balaban J connectivity index is 1.39. The van der Waals surface area contributed by atoms with Gasteiger partial charge >= 0.3 is 0 Å². The first-order chi connectivity index (χ1) is 17.6. The van der Waals surface area contributed by atoms with Crippen LogP contribution in [0, 0.1) is 5.82 Å². The lowest BCUT2D eigenvalue weighted by Crippen LogP contribution is -2.38. The summed E-state index contributed by atoms with van der Waals surface area (Å²) in [6, 6.07) is 15.6. The normalized spacial score (nSPS) is 13.6. The van der Waals surface area contributed by atoms with E-state index in [-0.39, 0.29) is 25.0 Å². The Bertz CT molecular complexity index is 1730. The average Bonchev–Trinajstić information content (AvgIpc) is 3.38. The van der Waals surface area contributed by atoms with Crippen LogP contribution < -0.4 is 23.5 Å². The van der Waals surface area contributed by atoms with Crippen LogP contribution in [0.25, 0.3) is 32.4 Å². The zero-order valence-electron chi connectivity index (χ0n) is 19.5. The van der Waals surface area contributed by atoms with Crippen molar-refractivity contribution in [2.75, 3.05) is 20.5 Å². The lowest BCUT2D eigenvalue weighted by Gasteiger charge is -2.18. The molecule has 0 bridgehead atoms. The van der Waals surface area contributed by atoms with Gasteiger partial charge in [0.2, 0.25) is 12.3 Å². The Morgan fingerprint density at radius 3 is 2.64 bits per heavy atom. The van der Waals surface area contributed by atoms with E-state index < -0.39 is 0 Å².